The summed E-state index contributed by atoms with van der Waals surface area (Å²) < 4.78 is 0. The van der Waals surface area contributed by atoms with Crippen LogP contribution in [0.2, 0.25) is 0 Å². The molecule has 0 bridgehead atoms. The van der Waals surface area contributed by atoms with Crippen LogP contribution < -0.4 is 32.7 Å². The van der Waals surface area contributed by atoms with E-state index in [1.54, 1.807) is 13.8 Å². The molecule has 12 heteroatoms. The number of nitrogens with zero attached hydrogens (tertiary/aromatic N) is 1. The largest absolute Gasteiger partial charge is 0.480 e. The first-order valence-electron chi connectivity index (χ1n) is 11.8. The van der Waals surface area contributed by atoms with Crippen molar-refractivity contribution in [1.29, 1.82) is 0 Å². The molecule has 1 heterocycles. The summed E-state index contributed by atoms with van der Waals surface area (Å²) in [6.45, 7) is 8.18. The molecule has 12 nitrogen and oxygen atoms in total. The maximum atomic E-state index is 13.1. The van der Waals surface area contributed by atoms with Crippen LogP contribution in [0.4, 0.5) is 0 Å². The van der Waals surface area contributed by atoms with E-state index in [2.05, 4.69) is 26.3 Å². The van der Waals surface area contributed by atoms with E-state index in [0.717, 1.165) is 13.0 Å². The van der Waals surface area contributed by atoms with Gasteiger partial charge in [0.05, 0.1) is 6.04 Å². The molecule has 1 aliphatic rings. The lowest BCUT2D eigenvalue weighted by Crippen LogP contribution is -2.57. The molecule has 34 heavy (non-hydrogen) atoms. The van der Waals surface area contributed by atoms with Crippen molar-refractivity contribution >= 4 is 29.7 Å². The van der Waals surface area contributed by atoms with E-state index in [0.29, 0.717) is 19.3 Å². The standard InChI is InChI=1S/C22H41N7O5/c1-12(2)11-16(20(32)29-17(13(3)4)21(33)34)28-19(31)15(8-6-10-26-22(23)24)27-18(30)14-7-5-9-25-14/h12-17,25H,5-11H2,1-4H3,(H,27,30)(H,28,31)(H,29,32)(H,33,34)(H4,23,24,26). The van der Waals surface area contributed by atoms with Gasteiger partial charge in [0.15, 0.2) is 5.96 Å². The van der Waals surface area contributed by atoms with Crippen LogP contribution in [-0.4, -0.2) is 72.0 Å². The molecule has 0 spiro atoms. The first-order chi connectivity index (χ1) is 15.9. The average Bonchev–Trinajstić information content (AvgIpc) is 3.27. The number of nitrogens with one attached hydrogen (secondary N) is 4. The van der Waals surface area contributed by atoms with Gasteiger partial charge in [0.1, 0.15) is 18.1 Å². The molecule has 4 atom stereocenters. The Morgan fingerprint density at radius 2 is 1.68 bits per heavy atom. The van der Waals surface area contributed by atoms with E-state index in [9.17, 15) is 24.3 Å². The van der Waals surface area contributed by atoms with Crippen LogP contribution >= 0.6 is 0 Å². The molecule has 3 amide bonds. The first kappa shape index (κ1) is 29.1. The zero-order valence-electron chi connectivity index (χ0n) is 20.6. The topological polar surface area (TPSA) is 201 Å². The van der Waals surface area contributed by atoms with Gasteiger partial charge in [0.25, 0.3) is 0 Å². The first-order valence-corrected chi connectivity index (χ1v) is 11.8. The van der Waals surface area contributed by atoms with Crippen LogP contribution in [-0.2, 0) is 19.2 Å². The number of nitrogens with two attached hydrogens (primary N) is 2. The highest BCUT2D eigenvalue weighted by Crippen LogP contribution is 2.10. The van der Waals surface area contributed by atoms with Gasteiger partial charge in [-0.15, -0.1) is 0 Å². The monoisotopic (exact) mass is 483 g/mol. The van der Waals surface area contributed by atoms with Gasteiger partial charge in [0.2, 0.25) is 17.7 Å². The Labute approximate surface area is 201 Å². The predicted molar refractivity (Wildman–Crippen MR) is 129 cm³/mol. The van der Waals surface area contributed by atoms with Crippen LogP contribution in [0.1, 0.15) is 59.8 Å². The van der Waals surface area contributed by atoms with Crippen molar-refractivity contribution in [2.45, 2.75) is 84.0 Å². The second-order valence-electron chi connectivity index (χ2n) is 9.42. The lowest BCUT2D eigenvalue weighted by atomic mass is 9.99. The number of hydrogen-bond acceptors (Lipinski definition) is 6. The van der Waals surface area contributed by atoms with E-state index < -0.39 is 35.9 Å². The Morgan fingerprint density at radius 3 is 2.18 bits per heavy atom. The molecule has 194 valence electrons. The van der Waals surface area contributed by atoms with Gasteiger partial charge in [0, 0.05) is 6.54 Å². The number of carboxylic acid groups (broad SMARTS) is 1. The molecule has 1 fully saturated rings. The molecule has 0 radical (unpaired) electrons. The molecule has 0 aromatic rings. The second kappa shape index (κ2) is 14.4. The van der Waals surface area contributed by atoms with Crippen molar-refractivity contribution in [3.63, 3.8) is 0 Å². The number of carboxylic acids is 1. The molecular formula is C22H41N7O5. The van der Waals surface area contributed by atoms with Gasteiger partial charge in [-0.1, -0.05) is 27.7 Å². The van der Waals surface area contributed by atoms with Crippen LogP contribution in [0.25, 0.3) is 0 Å². The van der Waals surface area contributed by atoms with Gasteiger partial charge >= 0.3 is 5.97 Å². The summed E-state index contributed by atoms with van der Waals surface area (Å²) in [5.74, 6) is -2.87. The van der Waals surface area contributed by atoms with Gasteiger partial charge in [-0.25, -0.2) is 4.79 Å². The third kappa shape index (κ3) is 10.4. The number of rotatable bonds is 14. The summed E-state index contributed by atoms with van der Waals surface area (Å²) >= 11 is 0. The van der Waals surface area contributed by atoms with Crippen molar-refractivity contribution < 1.29 is 24.3 Å². The molecule has 9 N–H and O–H groups in total. The number of carbonyl (C=O) groups excluding carboxylic acids is 3. The maximum Gasteiger partial charge on any atom is 0.326 e. The zero-order valence-corrected chi connectivity index (χ0v) is 20.6. The number of carbonyl (C=O) groups is 4. The average molecular weight is 484 g/mol. The zero-order chi connectivity index (χ0) is 25.8. The van der Waals surface area contributed by atoms with Crippen molar-refractivity contribution in [3.05, 3.63) is 0 Å². The van der Waals surface area contributed by atoms with Crippen LogP contribution in [0.5, 0.6) is 0 Å². The van der Waals surface area contributed by atoms with Crippen LogP contribution in [0.15, 0.2) is 4.99 Å². The lowest BCUT2D eigenvalue weighted by molar-refractivity contribution is -0.143. The predicted octanol–water partition coefficient (Wildman–Crippen LogP) is -0.967. The maximum absolute atomic E-state index is 13.1. The van der Waals surface area contributed by atoms with E-state index in [1.807, 2.05) is 13.8 Å². The second-order valence-corrected chi connectivity index (χ2v) is 9.42. The van der Waals surface area contributed by atoms with E-state index >= 15 is 0 Å². The SMILES string of the molecule is CC(C)CC(NC(=O)C(CCCN=C(N)N)NC(=O)C1CCCN1)C(=O)NC(C(=O)O)C(C)C. The Hall–Kier alpha value is -2.89. The molecule has 0 aromatic heterocycles. The van der Waals surface area contributed by atoms with Crippen molar-refractivity contribution in [2.75, 3.05) is 13.1 Å². The highest BCUT2D eigenvalue weighted by Gasteiger charge is 2.32. The number of guanidine groups is 1. The van der Waals surface area contributed by atoms with Crippen molar-refractivity contribution in [2.24, 2.45) is 28.3 Å². The highest BCUT2D eigenvalue weighted by molar-refractivity contribution is 5.94. The van der Waals surface area contributed by atoms with E-state index in [4.69, 9.17) is 11.5 Å². The molecular weight excluding hydrogens is 442 g/mol. The number of aliphatic carboxylic acids is 1. The number of amides is 3. The summed E-state index contributed by atoms with van der Waals surface area (Å²) in [7, 11) is 0. The third-order valence-corrected chi connectivity index (χ3v) is 5.53. The number of aliphatic imine (C=N–C) groups is 1. The molecule has 4 unspecified atom stereocenters. The van der Waals surface area contributed by atoms with Gasteiger partial charge in [-0.2, -0.15) is 0 Å². The lowest BCUT2D eigenvalue weighted by Gasteiger charge is -2.27. The molecule has 1 rings (SSSR count). The summed E-state index contributed by atoms with van der Waals surface area (Å²) in [6, 6.07) is -3.30. The molecule has 0 aliphatic carbocycles. The van der Waals surface area contributed by atoms with Crippen molar-refractivity contribution in [3.8, 4) is 0 Å². The fourth-order valence-corrected chi connectivity index (χ4v) is 3.70. The Kier molecular flexibility index (Phi) is 12.3. The van der Waals surface area contributed by atoms with Gasteiger partial charge in [-0.3, -0.25) is 19.4 Å². The molecule has 0 aromatic carbocycles. The minimum Gasteiger partial charge on any atom is -0.480 e. The molecule has 1 aliphatic heterocycles. The summed E-state index contributed by atoms with van der Waals surface area (Å²) in [6.07, 6.45) is 2.56. The normalized spacial score (nSPS) is 18.1. The van der Waals surface area contributed by atoms with Crippen molar-refractivity contribution in [1.82, 2.24) is 21.3 Å². The highest BCUT2D eigenvalue weighted by atomic mass is 16.4. The molecule has 1 saturated heterocycles. The van der Waals surface area contributed by atoms with Gasteiger partial charge in [-0.05, 0) is 50.5 Å². The van der Waals surface area contributed by atoms with Crippen LogP contribution in [0, 0.1) is 11.8 Å². The van der Waals surface area contributed by atoms with Gasteiger partial charge < -0.3 is 37.8 Å². The Balaban J connectivity index is 2.95. The Morgan fingerprint density at radius 1 is 1.03 bits per heavy atom. The van der Waals surface area contributed by atoms with E-state index in [1.165, 1.54) is 0 Å². The minimum absolute atomic E-state index is 0.0518. The fourth-order valence-electron chi connectivity index (χ4n) is 3.70. The summed E-state index contributed by atoms with van der Waals surface area (Å²) in [4.78, 5) is 54.1. The number of hydrogen-bond donors (Lipinski definition) is 7. The summed E-state index contributed by atoms with van der Waals surface area (Å²) in [5.41, 5.74) is 10.7. The molecule has 0 saturated carbocycles. The Bertz CT molecular complexity index is 731. The summed E-state index contributed by atoms with van der Waals surface area (Å²) in [5, 5.41) is 20.5. The third-order valence-electron chi connectivity index (χ3n) is 5.53. The fraction of sp³-hybridized carbons (Fsp3) is 0.773. The smallest absolute Gasteiger partial charge is 0.326 e. The van der Waals surface area contributed by atoms with Crippen LogP contribution in [0.3, 0.4) is 0 Å². The van der Waals surface area contributed by atoms with E-state index in [-0.39, 0.29) is 42.7 Å². The minimum atomic E-state index is -1.15. The quantitative estimate of drug-likeness (QED) is 0.0929.